The molecular formula is C11H19NO4S. The fourth-order valence-corrected chi connectivity index (χ4v) is 2.69. The van der Waals surface area contributed by atoms with Gasteiger partial charge in [-0.25, -0.2) is 4.79 Å². The largest absolute Gasteiger partial charge is 0.480 e. The first-order valence-electron chi connectivity index (χ1n) is 5.56. The Balaban J connectivity index is 2.72. The Labute approximate surface area is 105 Å². The van der Waals surface area contributed by atoms with E-state index in [1.54, 1.807) is 18.9 Å². The Morgan fingerprint density at radius 1 is 1.59 bits per heavy atom. The molecule has 3 unspecified atom stereocenters. The van der Waals surface area contributed by atoms with E-state index in [2.05, 4.69) is 0 Å². The van der Waals surface area contributed by atoms with Gasteiger partial charge in [-0.05, 0) is 6.26 Å². The van der Waals surface area contributed by atoms with Crippen molar-refractivity contribution in [1.82, 2.24) is 4.90 Å². The molecule has 17 heavy (non-hydrogen) atoms. The SMILES string of the molecule is COC1CC(C(=O)O)N(C(=O)C(C)CSC)C1. The van der Waals surface area contributed by atoms with Gasteiger partial charge in [0.2, 0.25) is 5.91 Å². The lowest BCUT2D eigenvalue weighted by atomic mass is 10.1. The molecule has 1 aliphatic rings. The fraction of sp³-hybridized carbons (Fsp3) is 0.818. The molecule has 0 spiro atoms. The van der Waals surface area contributed by atoms with Gasteiger partial charge < -0.3 is 14.7 Å². The number of carbonyl (C=O) groups excluding carboxylic acids is 1. The minimum Gasteiger partial charge on any atom is -0.480 e. The maximum absolute atomic E-state index is 12.1. The summed E-state index contributed by atoms with van der Waals surface area (Å²) in [7, 11) is 1.54. The number of hydrogen-bond acceptors (Lipinski definition) is 4. The lowest BCUT2D eigenvalue weighted by Gasteiger charge is -2.24. The molecule has 0 radical (unpaired) electrons. The van der Waals surface area contributed by atoms with Crippen molar-refractivity contribution in [3.8, 4) is 0 Å². The number of methoxy groups -OCH3 is 1. The molecule has 6 heteroatoms. The maximum atomic E-state index is 12.1. The van der Waals surface area contributed by atoms with Crippen LogP contribution in [0.2, 0.25) is 0 Å². The van der Waals surface area contributed by atoms with Gasteiger partial charge in [-0.1, -0.05) is 6.92 Å². The number of likely N-dealkylation sites (tertiary alicyclic amines) is 1. The molecule has 98 valence electrons. The molecule has 0 aromatic rings. The van der Waals surface area contributed by atoms with E-state index in [-0.39, 0.29) is 17.9 Å². The van der Waals surface area contributed by atoms with Gasteiger partial charge >= 0.3 is 5.97 Å². The molecule has 5 nitrogen and oxygen atoms in total. The monoisotopic (exact) mass is 261 g/mol. The maximum Gasteiger partial charge on any atom is 0.326 e. The number of ether oxygens (including phenoxy) is 1. The first kappa shape index (κ1) is 14.3. The lowest BCUT2D eigenvalue weighted by Crippen LogP contribution is -2.43. The number of amides is 1. The summed E-state index contributed by atoms with van der Waals surface area (Å²) in [6.07, 6.45) is 2.14. The molecule has 1 rings (SSSR count). The highest BCUT2D eigenvalue weighted by Crippen LogP contribution is 2.23. The van der Waals surface area contributed by atoms with Crippen LogP contribution < -0.4 is 0 Å². The standard InChI is InChI=1S/C11H19NO4S/c1-7(6-17-3)10(13)12-5-8(16-2)4-9(12)11(14)15/h7-9H,4-6H2,1-3H3,(H,14,15). The minimum atomic E-state index is -0.950. The zero-order valence-electron chi connectivity index (χ0n) is 10.4. The van der Waals surface area contributed by atoms with E-state index in [0.717, 1.165) is 0 Å². The molecule has 0 saturated carbocycles. The summed E-state index contributed by atoms with van der Waals surface area (Å²) in [5.41, 5.74) is 0. The van der Waals surface area contributed by atoms with Gasteiger partial charge in [0.15, 0.2) is 0 Å². The molecule has 1 saturated heterocycles. The van der Waals surface area contributed by atoms with E-state index in [1.165, 1.54) is 4.90 Å². The van der Waals surface area contributed by atoms with E-state index in [9.17, 15) is 9.59 Å². The Kier molecular flexibility index (Phi) is 5.27. The summed E-state index contributed by atoms with van der Waals surface area (Å²) in [6, 6.07) is -0.739. The van der Waals surface area contributed by atoms with Crippen LogP contribution in [-0.4, -0.2) is 59.7 Å². The smallest absolute Gasteiger partial charge is 0.326 e. The molecule has 1 fully saturated rings. The fourth-order valence-electron chi connectivity index (χ4n) is 2.05. The molecule has 1 heterocycles. The highest BCUT2D eigenvalue weighted by Gasteiger charge is 2.40. The summed E-state index contributed by atoms with van der Waals surface area (Å²) in [5, 5.41) is 9.10. The second-order valence-electron chi connectivity index (χ2n) is 4.29. The minimum absolute atomic E-state index is 0.0914. The molecule has 3 atom stereocenters. The van der Waals surface area contributed by atoms with Gasteiger partial charge in [-0.2, -0.15) is 11.8 Å². The van der Waals surface area contributed by atoms with Gasteiger partial charge in [-0.15, -0.1) is 0 Å². The number of carbonyl (C=O) groups is 2. The summed E-state index contributed by atoms with van der Waals surface area (Å²) in [6.45, 7) is 2.21. The molecule has 1 aliphatic heterocycles. The number of rotatable bonds is 5. The van der Waals surface area contributed by atoms with Gasteiger partial charge in [0.05, 0.1) is 6.10 Å². The van der Waals surface area contributed by atoms with Gasteiger partial charge in [0.25, 0.3) is 0 Å². The summed E-state index contributed by atoms with van der Waals surface area (Å²) >= 11 is 1.59. The average Bonchev–Trinajstić information content (AvgIpc) is 2.72. The van der Waals surface area contributed by atoms with Crippen LogP contribution >= 0.6 is 11.8 Å². The predicted octanol–water partition coefficient (Wildman–Crippen LogP) is 0.686. The van der Waals surface area contributed by atoms with Crippen molar-refractivity contribution < 1.29 is 19.4 Å². The average molecular weight is 261 g/mol. The van der Waals surface area contributed by atoms with Crippen LogP contribution in [0.3, 0.4) is 0 Å². The normalized spacial score (nSPS) is 25.9. The second kappa shape index (κ2) is 6.26. The second-order valence-corrected chi connectivity index (χ2v) is 5.21. The Morgan fingerprint density at radius 2 is 2.24 bits per heavy atom. The Bertz CT molecular complexity index is 297. The third-order valence-electron chi connectivity index (χ3n) is 3.00. The number of carboxylic acids is 1. The third-order valence-corrected chi connectivity index (χ3v) is 3.84. The van der Waals surface area contributed by atoms with Crippen molar-refractivity contribution in [3.63, 3.8) is 0 Å². The molecule has 0 aliphatic carbocycles. The van der Waals surface area contributed by atoms with Crippen LogP contribution in [0.25, 0.3) is 0 Å². The molecule has 1 amide bonds. The number of thioether (sulfide) groups is 1. The lowest BCUT2D eigenvalue weighted by molar-refractivity contribution is -0.149. The van der Waals surface area contributed by atoms with Crippen molar-refractivity contribution >= 4 is 23.6 Å². The number of nitrogens with zero attached hydrogens (tertiary/aromatic N) is 1. The van der Waals surface area contributed by atoms with E-state index >= 15 is 0 Å². The number of carboxylic acid groups (broad SMARTS) is 1. The first-order chi connectivity index (χ1) is 8.01. The molecular weight excluding hydrogens is 242 g/mol. The van der Waals surface area contributed by atoms with Crippen molar-refractivity contribution in [2.45, 2.75) is 25.5 Å². The topological polar surface area (TPSA) is 66.8 Å². The highest BCUT2D eigenvalue weighted by atomic mass is 32.2. The first-order valence-corrected chi connectivity index (χ1v) is 6.95. The third kappa shape index (κ3) is 3.35. The molecule has 0 aromatic heterocycles. The molecule has 0 bridgehead atoms. The zero-order valence-corrected chi connectivity index (χ0v) is 11.2. The Morgan fingerprint density at radius 3 is 2.71 bits per heavy atom. The predicted molar refractivity (Wildman–Crippen MR) is 66.1 cm³/mol. The quantitative estimate of drug-likeness (QED) is 0.788. The summed E-state index contributed by atoms with van der Waals surface area (Å²) in [5.74, 6) is -0.484. The van der Waals surface area contributed by atoms with Gasteiger partial charge in [0.1, 0.15) is 6.04 Å². The number of hydrogen-bond donors (Lipinski definition) is 1. The summed E-state index contributed by atoms with van der Waals surface area (Å²) < 4.78 is 5.15. The van der Waals surface area contributed by atoms with Crippen LogP contribution in [0, 0.1) is 5.92 Å². The van der Waals surface area contributed by atoms with Crippen LogP contribution in [0.5, 0.6) is 0 Å². The van der Waals surface area contributed by atoms with E-state index in [4.69, 9.17) is 9.84 Å². The summed E-state index contributed by atoms with van der Waals surface area (Å²) in [4.78, 5) is 24.7. The molecule has 1 N–H and O–H groups in total. The zero-order chi connectivity index (χ0) is 13.0. The van der Waals surface area contributed by atoms with Gasteiger partial charge in [-0.3, -0.25) is 4.79 Å². The number of aliphatic carboxylic acids is 1. The van der Waals surface area contributed by atoms with Crippen molar-refractivity contribution in [3.05, 3.63) is 0 Å². The van der Waals surface area contributed by atoms with Crippen molar-refractivity contribution in [1.29, 1.82) is 0 Å². The Hall–Kier alpha value is -0.750. The highest BCUT2D eigenvalue weighted by molar-refractivity contribution is 7.98. The van der Waals surface area contributed by atoms with Crippen LogP contribution in [0.15, 0.2) is 0 Å². The van der Waals surface area contributed by atoms with Crippen molar-refractivity contribution in [2.75, 3.05) is 25.7 Å². The van der Waals surface area contributed by atoms with Crippen LogP contribution in [0.4, 0.5) is 0 Å². The van der Waals surface area contributed by atoms with Crippen molar-refractivity contribution in [2.24, 2.45) is 5.92 Å². The van der Waals surface area contributed by atoms with E-state index < -0.39 is 12.0 Å². The van der Waals surface area contributed by atoms with Crippen LogP contribution in [0.1, 0.15) is 13.3 Å². The van der Waals surface area contributed by atoms with Crippen LogP contribution in [-0.2, 0) is 14.3 Å². The van der Waals surface area contributed by atoms with E-state index in [1.807, 2.05) is 13.2 Å². The molecule has 0 aromatic carbocycles. The van der Waals surface area contributed by atoms with E-state index in [0.29, 0.717) is 18.7 Å². The van der Waals surface area contributed by atoms with Gasteiger partial charge in [0, 0.05) is 31.7 Å².